The normalized spacial score (nSPS) is 20.7. The van der Waals surface area contributed by atoms with E-state index >= 15 is 0 Å². The summed E-state index contributed by atoms with van der Waals surface area (Å²) in [7, 11) is -4.19. The van der Waals surface area contributed by atoms with Gasteiger partial charge in [0, 0.05) is 5.56 Å². The van der Waals surface area contributed by atoms with Crippen LogP contribution < -0.4 is 5.01 Å². The van der Waals surface area contributed by atoms with E-state index in [4.69, 9.17) is 14.3 Å². The molecule has 0 bridgehead atoms. The van der Waals surface area contributed by atoms with Gasteiger partial charge in [-0.25, -0.2) is 5.01 Å². The third-order valence-electron chi connectivity index (χ3n) is 7.65. The highest BCUT2D eigenvalue weighted by Crippen LogP contribution is 2.51. The number of hydrogen-bond acceptors (Lipinski definition) is 6. The molecule has 43 heavy (non-hydrogen) atoms. The van der Waals surface area contributed by atoms with Crippen LogP contribution in [-0.4, -0.2) is 25.6 Å². The zero-order valence-electron chi connectivity index (χ0n) is 23.2. The summed E-state index contributed by atoms with van der Waals surface area (Å²) >= 11 is 0. The zero-order valence-corrected chi connectivity index (χ0v) is 24.1. The molecular formula is C35H27N3O4S. The molecule has 1 aromatic heterocycles. The number of hydrogen-bond donors (Lipinski definition) is 0. The minimum atomic E-state index is -4.19. The number of rotatable bonds is 6. The molecule has 0 radical (unpaired) electrons. The van der Waals surface area contributed by atoms with Crippen molar-refractivity contribution in [3.05, 3.63) is 162 Å². The van der Waals surface area contributed by atoms with Crippen LogP contribution in [0.4, 0.5) is 5.69 Å². The maximum Gasteiger partial charge on any atom is 0.285 e. The minimum absolute atomic E-state index is 0.0214. The Balaban J connectivity index is 1.53. The maximum atomic E-state index is 13.9. The van der Waals surface area contributed by atoms with Crippen LogP contribution in [0.3, 0.4) is 0 Å². The Labute approximate surface area is 250 Å². The van der Waals surface area contributed by atoms with Gasteiger partial charge in [0.05, 0.1) is 28.5 Å². The lowest BCUT2D eigenvalue weighted by molar-refractivity contribution is 0.436. The SMILES string of the molecule is Cc1ccc(S(=O)(=O)N=C2OC(c3ccccc3)=CC23C(c2ccco2)C(c2ccccc2)=NN3c2ccccc2)cc1. The summed E-state index contributed by atoms with van der Waals surface area (Å²) in [5, 5.41) is 6.99. The quantitative estimate of drug-likeness (QED) is 0.211. The van der Waals surface area contributed by atoms with Gasteiger partial charge in [-0.15, -0.1) is 4.40 Å². The van der Waals surface area contributed by atoms with Crippen LogP contribution in [0.5, 0.6) is 0 Å². The van der Waals surface area contributed by atoms with E-state index in [0.29, 0.717) is 17.2 Å². The summed E-state index contributed by atoms with van der Waals surface area (Å²) in [6, 6.07) is 39.3. The van der Waals surface area contributed by atoms with Gasteiger partial charge >= 0.3 is 0 Å². The van der Waals surface area contributed by atoms with Crippen molar-refractivity contribution in [3.8, 4) is 0 Å². The van der Waals surface area contributed by atoms with Crippen LogP contribution in [0.25, 0.3) is 5.76 Å². The molecule has 8 heteroatoms. The number of nitrogens with zero attached hydrogens (tertiary/aromatic N) is 3. The van der Waals surface area contributed by atoms with Crippen molar-refractivity contribution in [1.29, 1.82) is 0 Å². The number of ether oxygens (including phenoxy) is 1. The lowest BCUT2D eigenvalue weighted by atomic mass is 9.77. The number of sulfonamides is 1. The van der Waals surface area contributed by atoms with E-state index in [9.17, 15) is 8.42 Å². The van der Waals surface area contributed by atoms with Crippen molar-refractivity contribution in [2.24, 2.45) is 9.50 Å². The zero-order chi connectivity index (χ0) is 29.4. The third kappa shape index (κ3) is 4.66. The van der Waals surface area contributed by atoms with Gasteiger partial charge in [-0.2, -0.15) is 13.5 Å². The molecule has 0 saturated carbocycles. The smallest absolute Gasteiger partial charge is 0.285 e. The van der Waals surface area contributed by atoms with E-state index in [0.717, 1.165) is 22.4 Å². The number of hydrazone groups is 1. The van der Waals surface area contributed by atoms with Gasteiger partial charge in [0.2, 0.25) is 5.90 Å². The number of anilines is 1. The number of furan rings is 1. The summed E-state index contributed by atoms with van der Waals surface area (Å²) in [4.78, 5) is 0.0699. The van der Waals surface area contributed by atoms with Crippen molar-refractivity contribution in [1.82, 2.24) is 0 Å². The summed E-state index contributed by atoms with van der Waals surface area (Å²) < 4.78 is 44.8. The molecule has 0 N–H and O–H groups in total. The molecule has 0 saturated heterocycles. The molecule has 2 atom stereocenters. The van der Waals surface area contributed by atoms with Gasteiger partial charge in [0.15, 0.2) is 5.54 Å². The van der Waals surface area contributed by atoms with E-state index in [1.165, 1.54) is 0 Å². The Morgan fingerprint density at radius 1 is 0.767 bits per heavy atom. The van der Waals surface area contributed by atoms with Crippen LogP contribution >= 0.6 is 0 Å². The molecule has 2 aliphatic rings. The highest BCUT2D eigenvalue weighted by atomic mass is 32.2. The molecule has 5 aromatic rings. The second-order valence-electron chi connectivity index (χ2n) is 10.4. The van der Waals surface area contributed by atoms with Crippen LogP contribution in [0.2, 0.25) is 0 Å². The van der Waals surface area contributed by atoms with E-state index < -0.39 is 21.5 Å². The highest BCUT2D eigenvalue weighted by Gasteiger charge is 2.61. The standard InChI is InChI=1S/C35H27N3O4S/c1-25-19-21-29(22-20-25)43(39,40)37-34-35(24-31(42-34)26-12-5-2-6-13-26)32(30-18-11-23-41-30)33(27-14-7-3-8-15-27)36-38(35)28-16-9-4-10-17-28/h2-24,32H,1H3. The summed E-state index contributed by atoms with van der Waals surface area (Å²) in [5.41, 5.74) is 2.68. The Morgan fingerprint density at radius 3 is 2.02 bits per heavy atom. The molecule has 212 valence electrons. The van der Waals surface area contributed by atoms with E-state index in [-0.39, 0.29) is 10.8 Å². The average molecular weight is 586 g/mol. The Morgan fingerprint density at radius 2 is 1.40 bits per heavy atom. The first-order chi connectivity index (χ1) is 21.0. The maximum absolute atomic E-state index is 13.9. The van der Waals surface area contributed by atoms with Gasteiger partial charge in [0.1, 0.15) is 11.5 Å². The van der Waals surface area contributed by atoms with Crippen molar-refractivity contribution in [2.75, 3.05) is 5.01 Å². The fourth-order valence-electron chi connectivity index (χ4n) is 5.60. The van der Waals surface area contributed by atoms with E-state index in [1.807, 2.05) is 121 Å². The van der Waals surface area contributed by atoms with Crippen LogP contribution in [0.15, 0.2) is 159 Å². The molecule has 0 amide bonds. The molecule has 7 rings (SSSR count). The molecule has 7 nitrogen and oxygen atoms in total. The van der Waals surface area contributed by atoms with Crippen molar-refractivity contribution in [3.63, 3.8) is 0 Å². The predicted octanol–water partition coefficient (Wildman–Crippen LogP) is 7.19. The third-order valence-corrected chi connectivity index (χ3v) is 8.92. The van der Waals surface area contributed by atoms with Crippen molar-refractivity contribution >= 4 is 33.1 Å². The first-order valence-electron chi connectivity index (χ1n) is 13.9. The first-order valence-corrected chi connectivity index (χ1v) is 15.3. The number of para-hydroxylation sites is 1. The molecule has 2 aliphatic heterocycles. The average Bonchev–Trinajstić information content (AvgIpc) is 3.77. The Hall–Kier alpha value is -5.21. The monoisotopic (exact) mass is 585 g/mol. The predicted molar refractivity (Wildman–Crippen MR) is 167 cm³/mol. The molecule has 4 aromatic carbocycles. The molecule has 3 heterocycles. The van der Waals surface area contributed by atoms with Crippen LogP contribution in [0, 0.1) is 6.92 Å². The van der Waals surface area contributed by atoms with Gasteiger partial charge in [-0.3, -0.25) is 0 Å². The molecular weight excluding hydrogens is 558 g/mol. The lowest BCUT2D eigenvalue weighted by Gasteiger charge is -2.35. The first kappa shape index (κ1) is 26.7. The lowest BCUT2D eigenvalue weighted by Crippen LogP contribution is -2.51. The highest BCUT2D eigenvalue weighted by molar-refractivity contribution is 7.90. The Kier molecular flexibility index (Phi) is 6.55. The topological polar surface area (TPSA) is 84.5 Å². The minimum Gasteiger partial charge on any atom is -0.469 e. The van der Waals surface area contributed by atoms with Gasteiger partial charge in [-0.05, 0) is 55.0 Å². The molecule has 0 fully saturated rings. The second-order valence-corrected chi connectivity index (χ2v) is 12.0. The number of aryl methyl sites for hydroxylation is 1. The van der Waals surface area contributed by atoms with E-state index in [2.05, 4.69) is 4.40 Å². The molecule has 0 aliphatic carbocycles. The van der Waals surface area contributed by atoms with Crippen LogP contribution in [-0.2, 0) is 14.8 Å². The fourth-order valence-corrected chi connectivity index (χ4v) is 6.59. The molecule has 2 unspecified atom stereocenters. The van der Waals surface area contributed by atoms with E-state index in [1.54, 1.807) is 30.5 Å². The molecule has 1 spiro atoms. The summed E-state index contributed by atoms with van der Waals surface area (Å²) in [6.45, 7) is 1.90. The fraction of sp³-hybridized carbons (Fsp3) is 0.0857. The number of benzene rings is 4. The Bertz CT molecular complexity index is 1950. The van der Waals surface area contributed by atoms with Crippen molar-refractivity contribution in [2.45, 2.75) is 23.3 Å². The summed E-state index contributed by atoms with van der Waals surface area (Å²) in [5.74, 6) is 0.432. The van der Waals surface area contributed by atoms with Gasteiger partial charge in [0.25, 0.3) is 10.0 Å². The summed E-state index contributed by atoms with van der Waals surface area (Å²) in [6.07, 6.45) is 3.53. The van der Waals surface area contributed by atoms with Gasteiger partial charge < -0.3 is 9.15 Å². The van der Waals surface area contributed by atoms with Crippen molar-refractivity contribution < 1.29 is 17.6 Å². The second kappa shape index (κ2) is 10.6. The van der Waals surface area contributed by atoms with Crippen LogP contribution in [0.1, 0.15) is 28.4 Å². The largest absolute Gasteiger partial charge is 0.469 e. The van der Waals surface area contributed by atoms with Gasteiger partial charge in [-0.1, -0.05) is 96.6 Å².